The average Bonchev–Trinajstić information content (AvgIpc) is 3.60. The summed E-state index contributed by atoms with van der Waals surface area (Å²) in [5, 5.41) is 16.4. The Balaban J connectivity index is 1.41. The SMILES string of the molecule is O=C1CCCC(=C2CC2)N1c1ccc(-c2nnc(-c3ccccn3)nn2)nc1. The van der Waals surface area contributed by atoms with Crippen LogP contribution in [0.1, 0.15) is 32.1 Å². The molecule has 3 aromatic rings. The Morgan fingerprint density at radius 1 is 0.786 bits per heavy atom. The van der Waals surface area contributed by atoms with Gasteiger partial charge in [-0.25, -0.2) is 0 Å². The number of rotatable bonds is 3. The number of hydrogen-bond donors (Lipinski definition) is 0. The second-order valence-electron chi connectivity index (χ2n) is 6.80. The fourth-order valence-electron chi connectivity index (χ4n) is 3.35. The van der Waals surface area contributed by atoms with Gasteiger partial charge in [0.05, 0.1) is 11.9 Å². The Kier molecular flexibility index (Phi) is 4.08. The topological polar surface area (TPSA) is 97.7 Å². The van der Waals surface area contributed by atoms with E-state index in [9.17, 15) is 4.79 Å². The molecule has 4 heterocycles. The summed E-state index contributed by atoms with van der Waals surface area (Å²) in [5.41, 5.74) is 4.50. The second-order valence-corrected chi connectivity index (χ2v) is 6.80. The lowest BCUT2D eigenvalue weighted by molar-refractivity contribution is -0.118. The molecule has 1 aliphatic carbocycles. The zero-order valence-corrected chi connectivity index (χ0v) is 15.1. The van der Waals surface area contributed by atoms with Gasteiger partial charge in [-0.1, -0.05) is 6.07 Å². The summed E-state index contributed by atoms with van der Waals surface area (Å²) in [6.07, 6.45) is 8.00. The van der Waals surface area contributed by atoms with Gasteiger partial charge in [-0.3, -0.25) is 19.7 Å². The molecule has 0 N–H and O–H groups in total. The maximum absolute atomic E-state index is 12.5. The Morgan fingerprint density at radius 3 is 2.14 bits per heavy atom. The van der Waals surface area contributed by atoms with E-state index in [-0.39, 0.29) is 5.91 Å². The predicted molar refractivity (Wildman–Crippen MR) is 102 cm³/mol. The first-order chi connectivity index (χ1) is 13.8. The van der Waals surface area contributed by atoms with Crippen molar-refractivity contribution in [3.05, 3.63) is 54.0 Å². The first-order valence-electron chi connectivity index (χ1n) is 9.29. The molecule has 1 aliphatic heterocycles. The summed E-state index contributed by atoms with van der Waals surface area (Å²) in [6, 6.07) is 9.15. The van der Waals surface area contributed by atoms with Crippen LogP contribution in [-0.2, 0) is 4.79 Å². The van der Waals surface area contributed by atoms with Crippen molar-refractivity contribution in [3.63, 3.8) is 0 Å². The minimum Gasteiger partial charge on any atom is -0.283 e. The molecule has 1 saturated carbocycles. The van der Waals surface area contributed by atoms with Crippen molar-refractivity contribution in [3.8, 4) is 23.0 Å². The third-order valence-electron chi connectivity index (χ3n) is 4.84. The summed E-state index contributed by atoms with van der Waals surface area (Å²) in [5.74, 6) is 0.826. The maximum atomic E-state index is 12.5. The number of nitrogens with zero attached hydrogens (tertiary/aromatic N) is 7. The fraction of sp³-hybridized carbons (Fsp3) is 0.250. The third kappa shape index (κ3) is 3.13. The van der Waals surface area contributed by atoms with E-state index < -0.39 is 0 Å². The average molecular weight is 371 g/mol. The Hall–Kier alpha value is -3.55. The van der Waals surface area contributed by atoms with Crippen molar-refractivity contribution in [1.29, 1.82) is 0 Å². The molecule has 1 saturated heterocycles. The maximum Gasteiger partial charge on any atom is 0.231 e. The van der Waals surface area contributed by atoms with Gasteiger partial charge in [-0.05, 0) is 55.5 Å². The highest BCUT2D eigenvalue weighted by molar-refractivity contribution is 5.97. The molecular weight excluding hydrogens is 354 g/mol. The van der Waals surface area contributed by atoms with E-state index >= 15 is 0 Å². The molecule has 138 valence electrons. The number of hydrogen-bond acceptors (Lipinski definition) is 7. The summed E-state index contributed by atoms with van der Waals surface area (Å²) < 4.78 is 0. The van der Waals surface area contributed by atoms with Crippen molar-refractivity contribution < 1.29 is 4.79 Å². The molecule has 1 amide bonds. The monoisotopic (exact) mass is 371 g/mol. The first-order valence-corrected chi connectivity index (χ1v) is 9.29. The van der Waals surface area contributed by atoms with Crippen LogP contribution >= 0.6 is 0 Å². The molecule has 2 fully saturated rings. The van der Waals surface area contributed by atoms with Crippen molar-refractivity contribution >= 4 is 11.6 Å². The van der Waals surface area contributed by atoms with Gasteiger partial charge >= 0.3 is 0 Å². The van der Waals surface area contributed by atoms with Gasteiger partial charge in [0.1, 0.15) is 11.4 Å². The van der Waals surface area contributed by atoms with Crippen LogP contribution in [0.15, 0.2) is 54.0 Å². The van der Waals surface area contributed by atoms with Crippen LogP contribution in [0.2, 0.25) is 0 Å². The molecule has 8 nitrogen and oxygen atoms in total. The van der Waals surface area contributed by atoms with E-state index in [1.54, 1.807) is 24.5 Å². The van der Waals surface area contributed by atoms with Crippen LogP contribution in [0.25, 0.3) is 23.0 Å². The molecule has 5 rings (SSSR count). The predicted octanol–water partition coefficient (Wildman–Crippen LogP) is 2.96. The second kappa shape index (κ2) is 6.88. The highest BCUT2D eigenvalue weighted by Gasteiger charge is 2.30. The number of piperidine rings is 1. The summed E-state index contributed by atoms with van der Waals surface area (Å²) in [7, 11) is 0. The van der Waals surface area contributed by atoms with Crippen molar-refractivity contribution in [2.24, 2.45) is 0 Å². The van der Waals surface area contributed by atoms with Crippen LogP contribution in [0, 0.1) is 0 Å². The lowest BCUT2D eigenvalue weighted by atomic mass is 10.0. The van der Waals surface area contributed by atoms with Crippen LogP contribution in [-0.4, -0.2) is 36.3 Å². The smallest absolute Gasteiger partial charge is 0.231 e. The van der Waals surface area contributed by atoms with E-state index in [2.05, 4.69) is 30.4 Å². The van der Waals surface area contributed by atoms with Crippen molar-refractivity contribution in [2.75, 3.05) is 4.90 Å². The van der Waals surface area contributed by atoms with Gasteiger partial charge in [-0.15, -0.1) is 20.4 Å². The standard InChI is InChI=1S/C20H17N7O/c28-18-6-3-5-17(13-7-8-13)27(18)14-9-10-16(22-12-14)20-25-23-19(24-26-20)15-4-1-2-11-21-15/h1-2,4,9-12H,3,5-8H2. The number of carbonyl (C=O) groups is 1. The molecule has 8 heteroatoms. The zero-order valence-electron chi connectivity index (χ0n) is 15.1. The minimum absolute atomic E-state index is 0.134. The van der Waals surface area contributed by atoms with Crippen LogP contribution in [0.4, 0.5) is 5.69 Å². The van der Waals surface area contributed by atoms with E-state index in [0.717, 1.165) is 37.1 Å². The number of anilines is 1. The molecular formula is C20H17N7O. The lowest BCUT2D eigenvalue weighted by Gasteiger charge is -2.29. The van der Waals surface area contributed by atoms with E-state index in [1.165, 1.54) is 5.57 Å². The zero-order chi connectivity index (χ0) is 18.9. The van der Waals surface area contributed by atoms with Crippen LogP contribution in [0.3, 0.4) is 0 Å². The summed E-state index contributed by atoms with van der Waals surface area (Å²) in [4.78, 5) is 22.9. The number of carbonyl (C=O) groups excluding carboxylic acids is 1. The summed E-state index contributed by atoms with van der Waals surface area (Å²) >= 11 is 0. The first kappa shape index (κ1) is 16.6. The molecule has 0 spiro atoms. The van der Waals surface area contributed by atoms with Gasteiger partial charge in [0, 0.05) is 18.3 Å². The number of aromatic nitrogens is 6. The van der Waals surface area contributed by atoms with Gasteiger partial charge in [0.25, 0.3) is 0 Å². The molecule has 0 aromatic carbocycles. The number of amides is 1. The molecule has 0 bridgehead atoms. The Labute approximate surface area is 161 Å². The van der Waals surface area contributed by atoms with Gasteiger partial charge in [0.2, 0.25) is 17.6 Å². The van der Waals surface area contributed by atoms with Gasteiger partial charge in [-0.2, -0.15) is 0 Å². The molecule has 0 atom stereocenters. The van der Waals surface area contributed by atoms with Crippen molar-refractivity contribution in [1.82, 2.24) is 30.4 Å². The van der Waals surface area contributed by atoms with Gasteiger partial charge < -0.3 is 0 Å². The largest absolute Gasteiger partial charge is 0.283 e. The molecule has 0 radical (unpaired) electrons. The van der Waals surface area contributed by atoms with Crippen molar-refractivity contribution in [2.45, 2.75) is 32.1 Å². The third-order valence-corrected chi connectivity index (χ3v) is 4.84. The molecule has 0 unspecified atom stereocenters. The Morgan fingerprint density at radius 2 is 1.54 bits per heavy atom. The normalized spacial score (nSPS) is 16.4. The lowest BCUT2D eigenvalue weighted by Crippen LogP contribution is -2.33. The van der Waals surface area contributed by atoms with Gasteiger partial charge in [0.15, 0.2) is 0 Å². The molecule has 2 aliphatic rings. The number of allylic oxidation sites excluding steroid dienone is 2. The minimum atomic E-state index is 0.134. The Bertz CT molecular complexity index is 1040. The quantitative estimate of drug-likeness (QED) is 0.698. The van der Waals surface area contributed by atoms with E-state index in [1.807, 2.05) is 23.1 Å². The molecule has 28 heavy (non-hydrogen) atoms. The van der Waals surface area contributed by atoms with Crippen LogP contribution in [0.5, 0.6) is 0 Å². The molecule has 3 aromatic heterocycles. The highest BCUT2D eigenvalue weighted by atomic mass is 16.2. The van der Waals surface area contributed by atoms with E-state index in [0.29, 0.717) is 29.5 Å². The van der Waals surface area contributed by atoms with Crippen LogP contribution < -0.4 is 4.90 Å². The number of pyridine rings is 2. The summed E-state index contributed by atoms with van der Waals surface area (Å²) in [6.45, 7) is 0. The fourth-order valence-corrected chi connectivity index (χ4v) is 3.35. The highest BCUT2D eigenvalue weighted by Crippen LogP contribution is 2.39. The van der Waals surface area contributed by atoms with E-state index in [4.69, 9.17) is 0 Å².